The lowest BCUT2D eigenvalue weighted by molar-refractivity contribution is -0.120. The van der Waals surface area contributed by atoms with Gasteiger partial charge in [0.25, 0.3) is 0 Å². The van der Waals surface area contributed by atoms with Gasteiger partial charge in [-0.15, -0.1) is 0 Å². The molecule has 0 aliphatic heterocycles. The number of amides is 1. The third-order valence-corrected chi connectivity index (χ3v) is 1.43. The molecule has 1 atom stereocenters. The summed E-state index contributed by atoms with van der Waals surface area (Å²) in [6.07, 6.45) is -0.629. The van der Waals surface area contributed by atoms with Crippen molar-refractivity contribution in [2.75, 3.05) is 33.4 Å². The van der Waals surface area contributed by atoms with E-state index < -0.39 is 6.10 Å². The van der Waals surface area contributed by atoms with Gasteiger partial charge in [-0.3, -0.25) is 4.79 Å². The van der Waals surface area contributed by atoms with E-state index in [9.17, 15) is 4.79 Å². The Balaban J connectivity index is 3.34. The van der Waals surface area contributed by atoms with E-state index in [1.54, 1.807) is 0 Å². The second-order valence-corrected chi connectivity index (χ2v) is 2.69. The van der Waals surface area contributed by atoms with Gasteiger partial charge >= 0.3 is 0 Å². The maximum absolute atomic E-state index is 11.0. The average Bonchev–Trinajstić information content (AvgIpc) is 2.12. The van der Waals surface area contributed by atoms with Crippen LogP contribution in [0.25, 0.3) is 0 Å². The fraction of sp³-hybridized carbons (Fsp3) is 0.875. The molecule has 0 bridgehead atoms. The minimum absolute atomic E-state index is 0.114. The molecule has 0 aromatic rings. The van der Waals surface area contributed by atoms with Crippen LogP contribution in [0.15, 0.2) is 0 Å². The molecule has 0 saturated heterocycles. The summed E-state index contributed by atoms with van der Waals surface area (Å²) >= 11 is 0. The third kappa shape index (κ3) is 7.70. The molecule has 1 unspecified atom stereocenters. The number of rotatable bonds is 7. The highest BCUT2D eigenvalue weighted by atomic mass is 16.5. The van der Waals surface area contributed by atoms with Crippen molar-refractivity contribution in [3.63, 3.8) is 0 Å². The monoisotopic (exact) mass is 190 g/mol. The quantitative estimate of drug-likeness (QED) is 0.467. The lowest BCUT2D eigenvalue weighted by atomic mass is 10.3. The van der Waals surface area contributed by atoms with E-state index in [4.69, 9.17) is 9.84 Å². The van der Waals surface area contributed by atoms with Crippen molar-refractivity contribution < 1.29 is 14.6 Å². The first-order chi connectivity index (χ1) is 6.20. The van der Waals surface area contributed by atoms with E-state index in [0.717, 1.165) is 6.54 Å². The van der Waals surface area contributed by atoms with Crippen molar-refractivity contribution in [2.45, 2.75) is 13.0 Å². The van der Waals surface area contributed by atoms with Gasteiger partial charge in [-0.1, -0.05) is 6.92 Å². The summed E-state index contributed by atoms with van der Waals surface area (Å²) in [5, 5.41) is 14.6. The predicted octanol–water partition coefficient (Wildman–Crippen LogP) is -1.28. The molecule has 0 heterocycles. The van der Waals surface area contributed by atoms with Crippen molar-refractivity contribution in [1.29, 1.82) is 0 Å². The molecule has 5 heteroatoms. The molecule has 0 rings (SSSR count). The predicted molar refractivity (Wildman–Crippen MR) is 49.4 cm³/mol. The number of hydrogen-bond acceptors (Lipinski definition) is 4. The van der Waals surface area contributed by atoms with Gasteiger partial charge in [-0.05, 0) is 6.54 Å². The molecule has 0 radical (unpaired) electrons. The SMILES string of the molecule is CCNCC(=O)NCC(O)COC. The van der Waals surface area contributed by atoms with E-state index >= 15 is 0 Å². The van der Waals surface area contributed by atoms with Crippen LogP contribution < -0.4 is 10.6 Å². The van der Waals surface area contributed by atoms with Gasteiger partial charge < -0.3 is 20.5 Å². The molecule has 0 fully saturated rings. The molecule has 78 valence electrons. The Morgan fingerprint density at radius 3 is 2.85 bits per heavy atom. The van der Waals surface area contributed by atoms with Crippen LogP contribution in [-0.2, 0) is 9.53 Å². The van der Waals surface area contributed by atoms with Crippen LogP contribution >= 0.6 is 0 Å². The molecular formula is C8H18N2O3. The highest BCUT2D eigenvalue weighted by Gasteiger charge is 2.05. The number of hydrogen-bond donors (Lipinski definition) is 3. The van der Waals surface area contributed by atoms with E-state index in [1.165, 1.54) is 7.11 Å². The van der Waals surface area contributed by atoms with Crippen LogP contribution in [0, 0.1) is 0 Å². The molecule has 3 N–H and O–H groups in total. The Morgan fingerprint density at radius 2 is 2.31 bits per heavy atom. The molecule has 0 aliphatic carbocycles. The first-order valence-corrected chi connectivity index (χ1v) is 4.35. The standard InChI is InChI=1S/C8H18N2O3/c1-3-9-5-8(12)10-4-7(11)6-13-2/h7,9,11H,3-6H2,1-2H3,(H,10,12). The van der Waals surface area contributed by atoms with Crippen LogP contribution in [0.5, 0.6) is 0 Å². The van der Waals surface area contributed by atoms with Gasteiger partial charge in [-0.25, -0.2) is 0 Å². The molecule has 0 spiro atoms. The number of carbonyl (C=O) groups excluding carboxylic acids is 1. The minimum atomic E-state index is -0.629. The van der Waals surface area contributed by atoms with E-state index in [-0.39, 0.29) is 25.6 Å². The van der Waals surface area contributed by atoms with Gasteiger partial charge in [0, 0.05) is 13.7 Å². The number of aliphatic hydroxyl groups is 1. The number of aliphatic hydroxyl groups excluding tert-OH is 1. The number of methoxy groups -OCH3 is 1. The number of likely N-dealkylation sites (N-methyl/N-ethyl adjacent to an activating group) is 1. The Morgan fingerprint density at radius 1 is 1.62 bits per heavy atom. The zero-order valence-electron chi connectivity index (χ0n) is 8.17. The molecular weight excluding hydrogens is 172 g/mol. The summed E-state index contributed by atoms with van der Waals surface area (Å²) in [5.74, 6) is -0.114. The lowest BCUT2D eigenvalue weighted by Crippen LogP contribution is -2.39. The number of ether oxygens (including phenoxy) is 1. The number of carbonyl (C=O) groups is 1. The first kappa shape index (κ1) is 12.3. The van der Waals surface area contributed by atoms with Crippen LogP contribution in [0.1, 0.15) is 6.92 Å². The molecule has 5 nitrogen and oxygen atoms in total. The third-order valence-electron chi connectivity index (χ3n) is 1.43. The summed E-state index contributed by atoms with van der Waals surface area (Å²) in [6.45, 7) is 3.44. The molecule has 0 aliphatic rings. The fourth-order valence-electron chi connectivity index (χ4n) is 0.784. The largest absolute Gasteiger partial charge is 0.389 e. The second kappa shape index (κ2) is 7.97. The van der Waals surface area contributed by atoms with Crippen LogP contribution in [-0.4, -0.2) is 50.5 Å². The van der Waals surface area contributed by atoms with Gasteiger partial charge in [0.1, 0.15) is 0 Å². The zero-order chi connectivity index (χ0) is 10.1. The summed E-state index contributed by atoms with van der Waals surface area (Å²) in [6, 6.07) is 0. The summed E-state index contributed by atoms with van der Waals surface area (Å²) in [7, 11) is 1.50. The Bertz CT molecular complexity index is 141. The van der Waals surface area contributed by atoms with E-state index in [2.05, 4.69) is 10.6 Å². The topological polar surface area (TPSA) is 70.6 Å². The minimum Gasteiger partial charge on any atom is -0.389 e. The van der Waals surface area contributed by atoms with E-state index in [0.29, 0.717) is 0 Å². The smallest absolute Gasteiger partial charge is 0.234 e. The second-order valence-electron chi connectivity index (χ2n) is 2.69. The van der Waals surface area contributed by atoms with Crippen molar-refractivity contribution in [1.82, 2.24) is 10.6 Å². The lowest BCUT2D eigenvalue weighted by Gasteiger charge is -2.10. The zero-order valence-corrected chi connectivity index (χ0v) is 8.17. The summed E-state index contributed by atoms with van der Waals surface area (Å²) in [5.41, 5.74) is 0. The Labute approximate surface area is 78.5 Å². The summed E-state index contributed by atoms with van der Waals surface area (Å²) in [4.78, 5) is 11.0. The molecule has 0 aromatic carbocycles. The van der Waals surface area contributed by atoms with Crippen molar-refractivity contribution in [3.05, 3.63) is 0 Å². The maximum atomic E-state index is 11.0. The van der Waals surface area contributed by atoms with Gasteiger partial charge in [0.15, 0.2) is 0 Å². The van der Waals surface area contributed by atoms with Gasteiger partial charge in [-0.2, -0.15) is 0 Å². The Kier molecular flexibility index (Phi) is 7.57. The van der Waals surface area contributed by atoms with Crippen molar-refractivity contribution in [2.24, 2.45) is 0 Å². The molecule has 13 heavy (non-hydrogen) atoms. The first-order valence-electron chi connectivity index (χ1n) is 4.35. The highest BCUT2D eigenvalue weighted by molar-refractivity contribution is 5.77. The average molecular weight is 190 g/mol. The van der Waals surface area contributed by atoms with Crippen LogP contribution in [0.4, 0.5) is 0 Å². The van der Waals surface area contributed by atoms with Crippen LogP contribution in [0.3, 0.4) is 0 Å². The van der Waals surface area contributed by atoms with Crippen molar-refractivity contribution in [3.8, 4) is 0 Å². The van der Waals surface area contributed by atoms with E-state index in [1.807, 2.05) is 6.92 Å². The highest BCUT2D eigenvalue weighted by Crippen LogP contribution is 1.80. The molecule has 0 aromatic heterocycles. The molecule has 1 amide bonds. The Hall–Kier alpha value is -0.650. The van der Waals surface area contributed by atoms with Gasteiger partial charge in [0.05, 0.1) is 19.3 Å². The normalized spacial score (nSPS) is 12.5. The summed E-state index contributed by atoms with van der Waals surface area (Å²) < 4.78 is 4.70. The van der Waals surface area contributed by atoms with Crippen molar-refractivity contribution >= 4 is 5.91 Å². The van der Waals surface area contributed by atoms with Gasteiger partial charge in [0.2, 0.25) is 5.91 Å². The number of nitrogens with one attached hydrogen (secondary N) is 2. The molecule has 0 saturated carbocycles. The fourth-order valence-corrected chi connectivity index (χ4v) is 0.784. The maximum Gasteiger partial charge on any atom is 0.234 e. The van der Waals surface area contributed by atoms with Crippen LogP contribution in [0.2, 0.25) is 0 Å².